The number of β-lactam (4-membered cyclic amide) rings is 1. The summed E-state index contributed by atoms with van der Waals surface area (Å²) in [4.78, 5) is 25.1. The van der Waals surface area contributed by atoms with Crippen LogP contribution in [0.5, 0.6) is 0 Å². The quantitative estimate of drug-likeness (QED) is 0.503. The average Bonchev–Trinajstić information content (AvgIpc) is 2.21. The molecule has 1 heterocycles. The van der Waals surface area contributed by atoms with E-state index in [9.17, 15) is 9.59 Å². The lowest BCUT2D eigenvalue weighted by Gasteiger charge is -2.47. The molecule has 2 aliphatic rings. The molecule has 1 saturated heterocycles. The van der Waals surface area contributed by atoms with Crippen molar-refractivity contribution in [2.45, 2.75) is 51.5 Å². The summed E-state index contributed by atoms with van der Waals surface area (Å²) < 4.78 is 0. The Hall–Kier alpha value is -1.12. The van der Waals surface area contributed by atoms with E-state index in [1.807, 2.05) is 0 Å². The maximum Gasteiger partial charge on any atom is 0.255 e. The molecular formula is C13H19NO2. The lowest BCUT2D eigenvalue weighted by Crippen LogP contribution is -2.63. The van der Waals surface area contributed by atoms with Gasteiger partial charge in [0.15, 0.2) is 0 Å². The van der Waals surface area contributed by atoms with Gasteiger partial charge in [-0.1, -0.05) is 32.3 Å². The Bertz CT molecular complexity index is 335. The van der Waals surface area contributed by atoms with Gasteiger partial charge in [-0.25, -0.2) is 0 Å². The van der Waals surface area contributed by atoms with E-state index < -0.39 is 0 Å². The minimum atomic E-state index is -0.174. The summed E-state index contributed by atoms with van der Waals surface area (Å²) in [6.07, 6.45) is 6.66. The van der Waals surface area contributed by atoms with Crippen LogP contribution in [0.15, 0.2) is 12.2 Å². The molecule has 16 heavy (non-hydrogen) atoms. The van der Waals surface area contributed by atoms with Crippen LogP contribution in [0.3, 0.4) is 0 Å². The van der Waals surface area contributed by atoms with E-state index in [0.29, 0.717) is 5.57 Å². The van der Waals surface area contributed by atoms with Crippen LogP contribution in [0.25, 0.3) is 0 Å². The van der Waals surface area contributed by atoms with Gasteiger partial charge in [-0.2, -0.15) is 0 Å². The molecule has 0 N–H and O–H groups in total. The third-order valence-electron chi connectivity index (χ3n) is 3.70. The van der Waals surface area contributed by atoms with Gasteiger partial charge in [0.2, 0.25) is 5.91 Å². The van der Waals surface area contributed by atoms with Crippen LogP contribution in [0, 0.1) is 5.92 Å². The minimum absolute atomic E-state index is 0.0277. The highest BCUT2D eigenvalue weighted by Crippen LogP contribution is 2.37. The second-order valence-corrected chi connectivity index (χ2v) is 4.96. The predicted molar refractivity (Wildman–Crippen MR) is 61.6 cm³/mol. The van der Waals surface area contributed by atoms with Crippen LogP contribution in [0.1, 0.15) is 45.4 Å². The largest absolute Gasteiger partial charge is 0.275 e. The van der Waals surface area contributed by atoms with Crippen molar-refractivity contribution in [3.8, 4) is 0 Å². The van der Waals surface area contributed by atoms with Gasteiger partial charge in [-0.05, 0) is 19.8 Å². The van der Waals surface area contributed by atoms with Crippen LogP contribution < -0.4 is 0 Å². The fourth-order valence-corrected chi connectivity index (χ4v) is 2.78. The van der Waals surface area contributed by atoms with Crippen LogP contribution in [0.4, 0.5) is 0 Å². The molecular weight excluding hydrogens is 202 g/mol. The van der Waals surface area contributed by atoms with Gasteiger partial charge in [0.1, 0.15) is 0 Å². The van der Waals surface area contributed by atoms with Crippen molar-refractivity contribution in [3.63, 3.8) is 0 Å². The molecule has 1 saturated carbocycles. The molecule has 1 aliphatic heterocycles. The summed E-state index contributed by atoms with van der Waals surface area (Å²) in [5, 5.41) is 0. The molecule has 0 spiro atoms. The van der Waals surface area contributed by atoms with Crippen molar-refractivity contribution in [1.82, 2.24) is 4.90 Å². The zero-order valence-corrected chi connectivity index (χ0v) is 9.87. The lowest BCUT2D eigenvalue weighted by atomic mass is 9.78. The SMILES string of the molecule is C=C(C)C(=O)N1C(=O)C2CCCCCCC21. The molecule has 0 bridgehead atoms. The highest BCUT2D eigenvalue weighted by molar-refractivity contribution is 6.08. The van der Waals surface area contributed by atoms with E-state index in [0.717, 1.165) is 25.7 Å². The van der Waals surface area contributed by atoms with Crippen LogP contribution in [-0.2, 0) is 9.59 Å². The summed E-state index contributed by atoms with van der Waals surface area (Å²) >= 11 is 0. The number of carbonyl (C=O) groups excluding carboxylic acids is 2. The molecule has 2 amide bonds. The van der Waals surface area contributed by atoms with Gasteiger partial charge in [0.05, 0.1) is 12.0 Å². The van der Waals surface area contributed by atoms with Crippen molar-refractivity contribution in [1.29, 1.82) is 0 Å². The number of carbonyl (C=O) groups is 2. The van der Waals surface area contributed by atoms with Crippen molar-refractivity contribution < 1.29 is 9.59 Å². The predicted octanol–water partition coefficient (Wildman–Crippen LogP) is 2.27. The van der Waals surface area contributed by atoms with E-state index in [-0.39, 0.29) is 23.8 Å². The topological polar surface area (TPSA) is 37.4 Å². The molecule has 0 radical (unpaired) electrons. The maximum absolute atomic E-state index is 11.9. The third-order valence-corrected chi connectivity index (χ3v) is 3.70. The fourth-order valence-electron chi connectivity index (χ4n) is 2.78. The van der Waals surface area contributed by atoms with Crippen molar-refractivity contribution >= 4 is 11.8 Å². The second-order valence-electron chi connectivity index (χ2n) is 4.96. The van der Waals surface area contributed by atoms with E-state index in [1.165, 1.54) is 17.7 Å². The number of hydrogen-bond acceptors (Lipinski definition) is 2. The molecule has 2 fully saturated rings. The van der Waals surface area contributed by atoms with Gasteiger partial charge in [0, 0.05) is 5.57 Å². The molecule has 3 heteroatoms. The first kappa shape index (κ1) is 11.4. The Kier molecular flexibility index (Phi) is 3.13. The zero-order valence-electron chi connectivity index (χ0n) is 9.87. The summed E-state index contributed by atoms with van der Waals surface area (Å²) in [5.74, 6) is -0.0321. The Morgan fingerprint density at radius 2 is 1.88 bits per heavy atom. The monoisotopic (exact) mass is 221 g/mol. The number of rotatable bonds is 1. The van der Waals surface area contributed by atoms with E-state index in [1.54, 1.807) is 6.92 Å². The van der Waals surface area contributed by atoms with Crippen LogP contribution >= 0.6 is 0 Å². The summed E-state index contributed by atoms with van der Waals surface area (Å²) in [6.45, 7) is 5.30. The Labute approximate surface area is 96.5 Å². The highest BCUT2D eigenvalue weighted by atomic mass is 16.2. The normalized spacial score (nSPS) is 29.8. The Balaban J connectivity index is 2.08. The fraction of sp³-hybridized carbons (Fsp3) is 0.692. The average molecular weight is 221 g/mol. The zero-order chi connectivity index (χ0) is 11.7. The van der Waals surface area contributed by atoms with Crippen LogP contribution in [0.2, 0.25) is 0 Å². The molecule has 0 aromatic heterocycles. The number of hydrogen-bond donors (Lipinski definition) is 0. The summed E-state index contributed by atoms with van der Waals surface area (Å²) in [6, 6.07) is 0.164. The van der Waals surface area contributed by atoms with Crippen molar-refractivity contribution in [3.05, 3.63) is 12.2 Å². The smallest absolute Gasteiger partial charge is 0.255 e. The molecule has 3 nitrogen and oxygen atoms in total. The Morgan fingerprint density at radius 1 is 1.25 bits per heavy atom. The number of nitrogens with zero attached hydrogens (tertiary/aromatic N) is 1. The maximum atomic E-state index is 11.9. The van der Waals surface area contributed by atoms with Gasteiger partial charge >= 0.3 is 0 Å². The summed E-state index contributed by atoms with van der Waals surface area (Å²) in [7, 11) is 0. The second kappa shape index (κ2) is 4.40. The van der Waals surface area contributed by atoms with Gasteiger partial charge in [-0.15, -0.1) is 0 Å². The molecule has 2 rings (SSSR count). The van der Waals surface area contributed by atoms with Gasteiger partial charge in [-0.3, -0.25) is 14.5 Å². The molecule has 2 atom stereocenters. The standard InChI is InChI=1S/C13H19NO2/c1-9(2)12(15)14-11-8-6-4-3-5-7-10(11)13(14)16/h10-11H,1,3-8H2,2H3. The molecule has 1 aliphatic carbocycles. The Morgan fingerprint density at radius 3 is 2.50 bits per heavy atom. The number of imide groups is 1. The first-order valence-corrected chi connectivity index (χ1v) is 6.16. The van der Waals surface area contributed by atoms with Gasteiger partial charge < -0.3 is 0 Å². The van der Waals surface area contributed by atoms with Crippen LogP contribution in [-0.4, -0.2) is 22.8 Å². The van der Waals surface area contributed by atoms with E-state index >= 15 is 0 Å². The molecule has 0 aromatic rings. The lowest BCUT2D eigenvalue weighted by molar-refractivity contribution is -0.165. The third kappa shape index (κ3) is 1.79. The van der Waals surface area contributed by atoms with Crippen molar-refractivity contribution in [2.75, 3.05) is 0 Å². The first-order valence-electron chi connectivity index (χ1n) is 6.16. The van der Waals surface area contributed by atoms with E-state index in [4.69, 9.17) is 0 Å². The minimum Gasteiger partial charge on any atom is -0.275 e. The van der Waals surface area contributed by atoms with Gasteiger partial charge in [0.25, 0.3) is 5.91 Å². The highest BCUT2D eigenvalue weighted by Gasteiger charge is 2.49. The summed E-state index contributed by atoms with van der Waals surface area (Å²) in [5.41, 5.74) is 0.467. The molecule has 0 aromatic carbocycles. The first-order chi connectivity index (χ1) is 7.63. The van der Waals surface area contributed by atoms with E-state index in [2.05, 4.69) is 6.58 Å². The number of likely N-dealkylation sites (tertiary alicyclic amines) is 1. The number of fused-ring (bicyclic) bond motifs is 1. The van der Waals surface area contributed by atoms with Crippen molar-refractivity contribution in [2.24, 2.45) is 5.92 Å². The molecule has 88 valence electrons. The number of amides is 2. The molecule has 2 unspecified atom stereocenters.